The zero-order valence-electron chi connectivity index (χ0n) is 11.9. The summed E-state index contributed by atoms with van der Waals surface area (Å²) in [4.78, 5) is 2.56. The molecule has 1 aromatic carbocycles. The highest BCUT2D eigenvalue weighted by atomic mass is 32.2. The number of hydrogen-bond donors (Lipinski definition) is 0. The first-order chi connectivity index (χ1) is 9.50. The fraction of sp³-hybridized carbons (Fsp3) is 0.571. The fourth-order valence-electron chi connectivity index (χ4n) is 3.03. The van der Waals surface area contributed by atoms with Crippen molar-refractivity contribution in [2.45, 2.75) is 24.4 Å². The van der Waals surface area contributed by atoms with Gasteiger partial charge in [-0.1, -0.05) is 24.6 Å². The summed E-state index contributed by atoms with van der Waals surface area (Å²) in [7, 11) is -3.46. The summed E-state index contributed by atoms with van der Waals surface area (Å²) in [6.07, 6.45) is 0. The smallest absolute Gasteiger partial charge is 0.244 e. The molecule has 0 atom stereocenters. The van der Waals surface area contributed by atoms with Gasteiger partial charge in [-0.15, -0.1) is 0 Å². The Morgan fingerprint density at radius 1 is 1.20 bits per heavy atom. The van der Waals surface area contributed by atoms with Crippen molar-refractivity contribution >= 4 is 10.0 Å². The van der Waals surface area contributed by atoms with Crippen LogP contribution in [0.2, 0.25) is 0 Å². The van der Waals surface area contributed by atoms with Crippen molar-refractivity contribution in [2.75, 3.05) is 32.8 Å². The van der Waals surface area contributed by atoms with E-state index in [9.17, 15) is 8.42 Å². The van der Waals surface area contributed by atoms with E-state index in [0.29, 0.717) is 24.7 Å². The van der Waals surface area contributed by atoms with Crippen LogP contribution in [0.4, 0.5) is 0 Å². The summed E-state index contributed by atoms with van der Waals surface area (Å²) in [6.45, 7) is 7.08. The molecule has 0 bridgehead atoms. The predicted molar refractivity (Wildman–Crippen MR) is 75.9 cm³/mol. The Kier molecular flexibility index (Phi) is 3.36. The van der Waals surface area contributed by atoms with Crippen LogP contribution in [-0.4, -0.2) is 56.1 Å². The molecular weight excluding hydrogens is 276 g/mol. The largest absolute Gasteiger partial charge is 0.375 e. The summed E-state index contributed by atoms with van der Waals surface area (Å²) in [5, 5.41) is 0. The van der Waals surface area contributed by atoms with E-state index >= 15 is 0 Å². The number of hydrogen-bond acceptors (Lipinski definition) is 4. The molecule has 2 saturated heterocycles. The third-order valence-corrected chi connectivity index (χ3v) is 6.25. The lowest BCUT2D eigenvalue weighted by Gasteiger charge is -2.48. The van der Waals surface area contributed by atoms with Crippen molar-refractivity contribution in [2.24, 2.45) is 0 Å². The maximum atomic E-state index is 12.9. The van der Waals surface area contributed by atoms with Crippen LogP contribution in [0.15, 0.2) is 29.2 Å². The van der Waals surface area contributed by atoms with Crippen LogP contribution in [0.3, 0.4) is 0 Å². The van der Waals surface area contributed by atoms with E-state index in [1.165, 1.54) is 0 Å². The van der Waals surface area contributed by atoms with Crippen LogP contribution in [0.5, 0.6) is 0 Å². The van der Waals surface area contributed by atoms with Crippen molar-refractivity contribution in [3.05, 3.63) is 29.8 Å². The molecule has 110 valence electrons. The van der Waals surface area contributed by atoms with Crippen molar-refractivity contribution in [1.29, 1.82) is 0 Å². The molecule has 0 amide bonds. The Balaban J connectivity index is 1.97. The molecule has 1 spiro atoms. The number of benzene rings is 1. The SMILES string of the molecule is CCN1CCN(S(=O)(=O)c2ccc(C)cc2)C12COC2. The van der Waals surface area contributed by atoms with E-state index in [2.05, 4.69) is 11.8 Å². The van der Waals surface area contributed by atoms with Gasteiger partial charge in [0.2, 0.25) is 10.0 Å². The van der Waals surface area contributed by atoms with E-state index in [-0.39, 0.29) is 0 Å². The third-order valence-electron chi connectivity index (χ3n) is 4.28. The molecule has 0 radical (unpaired) electrons. The van der Waals surface area contributed by atoms with Gasteiger partial charge in [-0.05, 0) is 25.6 Å². The summed E-state index contributed by atoms with van der Waals surface area (Å²) in [5.41, 5.74) is 0.598. The van der Waals surface area contributed by atoms with Crippen molar-refractivity contribution in [3.63, 3.8) is 0 Å². The number of likely N-dealkylation sites (N-methyl/N-ethyl adjacent to an activating group) is 1. The molecule has 2 aliphatic rings. The predicted octanol–water partition coefficient (Wildman–Crippen LogP) is 1.05. The minimum absolute atomic E-state index is 0.368. The van der Waals surface area contributed by atoms with Crippen LogP contribution >= 0.6 is 0 Å². The summed E-state index contributed by atoms with van der Waals surface area (Å²) < 4.78 is 32.7. The zero-order chi connectivity index (χ0) is 14.4. The van der Waals surface area contributed by atoms with Gasteiger partial charge in [0.25, 0.3) is 0 Å². The molecule has 5 nitrogen and oxygen atoms in total. The Morgan fingerprint density at radius 3 is 2.35 bits per heavy atom. The highest BCUT2D eigenvalue weighted by Crippen LogP contribution is 2.37. The Labute approximate surface area is 120 Å². The second-order valence-electron chi connectivity index (χ2n) is 5.45. The highest BCUT2D eigenvalue weighted by Gasteiger charge is 2.56. The lowest BCUT2D eigenvalue weighted by atomic mass is 10.1. The third kappa shape index (κ3) is 1.90. The lowest BCUT2D eigenvalue weighted by molar-refractivity contribution is -0.162. The van der Waals surface area contributed by atoms with Gasteiger partial charge in [0.1, 0.15) is 5.66 Å². The van der Waals surface area contributed by atoms with Gasteiger partial charge >= 0.3 is 0 Å². The first kappa shape index (κ1) is 14.0. The first-order valence-electron chi connectivity index (χ1n) is 6.93. The molecule has 0 aliphatic carbocycles. The quantitative estimate of drug-likeness (QED) is 0.836. The van der Waals surface area contributed by atoms with Crippen molar-refractivity contribution in [3.8, 4) is 0 Å². The van der Waals surface area contributed by atoms with Gasteiger partial charge in [-0.25, -0.2) is 8.42 Å². The minimum Gasteiger partial charge on any atom is -0.375 e. The Bertz CT molecular complexity index is 593. The standard InChI is InChI=1S/C14H20N2O3S/c1-3-15-8-9-16(14(15)10-19-11-14)20(17,18)13-6-4-12(2)5-7-13/h4-7H,3,8-11H2,1-2H3. The molecule has 1 aromatic rings. The van der Waals surface area contributed by atoms with Gasteiger partial charge in [0.15, 0.2) is 0 Å². The first-order valence-corrected chi connectivity index (χ1v) is 8.37. The van der Waals surface area contributed by atoms with Crippen LogP contribution in [0, 0.1) is 6.92 Å². The molecule has 3 rings (SSSR count). The average Bonchev–Trinajstić information content (AvgIpc) is 2.79. The maximum Gasteiger partial charge on any atom is 0.244 e. The van der Waals surface area contributed by atoms with E-state index in [0.717, 1.165) is 18.7 Å². The Hall–Kier alpha value is -0.950. The molecule has 0 N–H and O–H groups in total. The van der Waals surface area contributed by atoms with E-state index in [1.807, 2.05) is 19.1 Å². The summed E-state index contributed by atoms with van der Waals surface area (Å²) in [5.74, 6) is 0. The van der Waals surface area contributed by atoms with Crippen LogP contribution in [0.25, 0.3) is 0 Å². The fourth-order valence-corrected chi connectivity index (χ4v) is 4.76. The summed E-state index contributed by atoms with van der Waals surface area (Å²) in [6, 6.07) is 7.05. The molecule has 20 heavy (non-hydrogen) atoms. The normalized spacial score (nSPS) is 23.1. The maximum absolute atomic E-state index is 12.9. The van der Waals surface area contributed by atoms with E-state index < -0.39 is 15.7 Å². The van der Waals surface area contributed by atoms with Gasteiger partial charge in [-0.2, -0.15) is 4.31 Å². The molecule has 6 heteroatoms. The molecule has 0 saturated carbocycles. The average molecular weight is 296 g/mol. The molecular formula is C14H20N2O3S. The zero-order valence-corrected chi connectivity index (χ0v) is 12.7. The number of aryl methyl sites for hydroxylation is 1. The van der Waals surface area contributed by atoms with Crippen LogP contribution in [-0.2, 0) is 14.8 Å². The number of sulfonamides is 1. The number of ether oxygens (including phenoxy) is 1. The van der Waals surface area contributed by atoms with Crippen molar-refractivity contribution in [1.82, 2.24) is 9.21 Å². The Morgan fingerprint density at radius 2 is 1.85 bits per heavy atom. The molecule has 2 aliphatic heterocycles. The van der Waals surface area contributed by atoms with Crippen molar-refractivity contribution < 1.29 is 13.2 Å². The van der Waals surface area contributed by atoms with Crippen LogP contribution in [0.1, 0.15) is 12.5 Å². The summed E-state index contributed by atoms with van der Waals surface area (Å²) >= 11 is 0. The monoisotopic (exact) mass is 296 g/mol. The topological polar surface area (TPSA) is 49.9 Å². The van der Waals surface area contributed by atoms with E-state index in [4.69, 9.17) is 4.74 Å². The lowest BCUT2D eigenvalue weighted by Crippen LogP contribution is -2.67. The molecule has 0 unspecified atom stereocenters. The van der Waals surface area contributed by atoms with Gasteiger partial charge in [0, 0.05) is 13.1 Å². The molecule has 2 heterocycles. The highest BCUT2D eigenvalue weighted by molar-refractivity contribution is 7.89. The second-order valence-corrected chi connectivity index (χ2v) is 7.31. The molecule has 2 fully saturated rings. The number of rotatable bonds is 3. The second kappa shape index (κ2) is 4.80. The van der Waals surface area contributed by atoms with Crippen LogP contribution < -0.4 is 0 Å². The van der Waals surface area contributed by atoms with Gasteiger partial charge in [-0.3, -0.25) is 4.90 Å². The van der Waals surface area contributed by atoms with Gasteiger partial charge in [0.05, 0.1) is 18.1 Å². The minimum atomic E-state index is -3.46. The number of nitrogens with zero attached hydrogens (tertiary/aromatic N) is 2. The molecule has 0 aromatic heterocycles. The van der Waals surface area contributed by atoms with Gasteiger partial charge < -0.3 is 4.74 Å². The van der Waals surface area contributed by atoms with E-state index in [1.54, 1.807) is 16.4 Å².